The molecule has 1 heterocycles. The van der Waals surface area contributed by atoms with E-state index >= 15 is 0 Å². The van der Waals surface area contributed by atoms with E-state index < -0.39 is 0 Å². The summed E-state index contributed by atoms with van der Waals surface area (Å²) in [5, 5.41) is 6.59. The van der Waals surface area contributed by atoms with Crippen molar-refractivity contribution in [2.75, 3.05) is 25.6 Å². The van der Waals surface area contributed by atoms with Crippen LogP contribution in [0.1, 0.15) is 46.3 Å². The van der Waals surface area contributed by atoms with Crippen molar-refractivity contribution < 1.29 is 13.9 Å². The molecule has 0 saturated carbocycles. The van der Waals surface area contributed by atoms with Crippen molar-refractivity contribution >= 4 is 11.6 Å². The van der Waals surface area contributed by atoms with E-state index in [2.05, 4.69) is 28.9 Å². The Hall–Kier alpha value is -2.66. The van der Waals surface area contributed by atoms with Crippen molar-refractivity contribution in [2.24, 2.45) is 5.92 Å². The van der Waals surface area contributed by atoms with Gasteiger partial charge in [-0.2, -0.15) is 0 Å². The number of fused-ring (bicyclic) bond motifs is 3. The predicted octanol–water partition coefficient (Wildman–Crippen LogP) is 4.42. The Labute approximate surface area is 164 Å². The van der Waals surface area contributed by atoms with Gasteiger partial charge in [-0.05, 0) is 48.1 Å². The molecule has 3 atom stereocenters. The number of carbonyl (C=O) groups is 1. The molecule has 0 bridgehead atoms. The van der Waals surface area contributed by atoms with Crippen LogP contribution in [-0.2, 0) is 4.74 Å². The normalized spacial score (nSPS) is 22.3. The number of amides is 1. The van der Waals surface area contributed by atoms with Crippen LogP contribution in [0.25, 0.3) is 0 Å². The highest BCUT2D eigenvalue weighted by Crippen LogP contribution is 2.50. The molecule has 146 valence electrons. The molecule has 2 aromatic rings. The van der Waals surface area contributed by atoms with E-state index in [1.54, 1.807) is 7.11 Å². The fraction of sp³-hybridized carbons (Fsp3) is 0.348. The van der Waals surface area contributed by atoms with Crippen LogP contribution in [0.15, 0.2) is 54.6 Å². The molecule has 0 fully saturated rings. The number of anilines is 1. The SMILES string of the molecule is COCCCNC(=O)c1cccc2c1NC(c1ccc(F)cc1)C1CC=CC21. The number of nitrogens with one attached hydrogen (secondary N) is 2. The first-order chi connectivity index (χ1) is 13.7. The predicted molar refractivity (Wildman–Crippen MR) is 108 cm³/mol. The number of allylic oxidation sites excluding steroid dienone is 2. The summed E-state index contributed by atoms with van der Waals surface area (Å²) < 4.78 is 18.5. The minimum absolute atomic E-state index is 0.0375. The lowest BCUT2D eigenvalue weighted by Crippen LogP contribution is -2.32. The van der Waals surface area contributed by atoms with E-state index in [4.69, 9.17) is 4.74 Å². The molecule has 0 spiro atoms. The van der Waals surface area contributed by atoms with Gasteiger partial charge in [0.25, 0.3) is 5.91 Å². The summed E-state index contributed by atoms with van der Waals surface area (Å²) in [7, 11) is 1.65. The van der Waals surface area contributed by atoms with Crippen molar-refractivity contribution in [3.63, 3.8) is 0 Å². The van der Waals surface area contributed by atoms with E-state index in [-0.39, 0.29) is 23.7 Å². The minimum atomic E-state index is -0.239. The maximum absolute atomic E-state index is 13.4. The minimum Gasteiger partial charge on any atom is -0.385 e. The molecule has 1 amide bonds. The molecule has 2 aromatic carbocycles. The highest BCUT2D eigenvalue weighted by Gasteiger charge is 2.39. The molecule has 4 rings (SSSR count). The maximum atomic E-state index is 13.4. The van der Waals surface area contributed by atoms with Crippen molar-refractivity contribution in [3.8, 4) is 0 Å². The van der Waals surface area contributed by atoms with Crippen molar-refractivity contribution in [1.29, 1.82) is 0 Å². The second kappa shape index (κ2) is 8.15. The molecule has 0 aromatic heterocycles. The second-order valence-electron chi connectivity index (χ2n) is 7.40. The number of para-hydroxylation sites is 1. The molecular weight excluding hydrogens is 355 g/mol. The summed E-state index contributed by atoms with van der Waals surface area (Å²) in [5.74, 6) is 0.293. The van der Waals surface area contributed by atoms with Crippen molar-refractivity contribution in [3.05, 3.63) is 77.1 Å². The van der Waals surface area contributed by atoms with Crippen molar-refractivity contribution in [1.82, 2.24) is 5.32 Å². The molecular formula is C23H25FN2O2. The molecule has 4 nitrogen and oxygen atoms in total. The van der Waals surface area contributed by atoms with Crippen LogP contribution in [0.5, 0.6) is 0 Å². The Morgan fingerprint density at radius 1 is 1.25 bits per heavy atom. The first-order valence-corrected chi connectivity index (χ1v) is 9.77. The Morgan fingerprint density at radius 2 is 2.07 bits per heavy atom. The van der Waals surface area contributed by atoms with Gasteiger partial charge in [0, 0.05) is 26.2 Å². The summed E-state index contributed by atoms with van der Waals surface area (Å²) in [6, 6.07) is 12.6. The molecule has 2 N–H and O–H groups in total. The first kappa shape index (κ1) is 18.7. The molecule has 1 aliphatic heterocycles. The molecule has 0 saturated heterocycles. The Bertz CT molecular complexity index is 879. The lowest BCUT2D eigenvalue weighted by molar-refractivity contribution is 0.0949. The average molecular weight is 380 g/mol. The van der Waals surface area contributed by atoms with Crippen LogP contribution in [0, 0.1) is 11.7 Å². The second-order valence-corrected chi connectivity index (χ2v) is 7.40. The van der Waals surface area contributed by atoms with Crippen LogP contribution in [0.3, 0.4) is 0 Å². The van der Waals surface area contributed by atoms with Gasteiger partial charge in [0.1, 0.15) is 5.82 Å². The van der Waals surface area contributed by atoms with Gasteiger partial charge in [-0.15, -0.1) is 0 Å². The summed E-state index contributed by atoms with van der Waals surface area (Å²) >= 11 is 0. The molecule has 1 aliphatic carbocycles. The number of hydrogen-bond acceptors (Lipinski definition) is 3. The Morgan fingerprint density at radius 3 is 2.86 bits per heavy atom. The molecule has 0 radical (unpaired) electrons. The van der Waals surface area contributed by atoms with Crippen LogP contribution in [-0.4, -0.2) is 26.2 Å². The van der Waals surface area contributed by atoms with Crippen LogP contribution < -0.4 is 10.6 Å². The van der Waals surface area contributed by atoms with Gasteiger partial charge in [0.15, 0.2) is 0 Å². The standard InChI is InChI=1S/C23H25FN2O2/c1-28-14-4-13-25-23(27)20-8-3-7-19-17-5-2-6-18(17)21(26-22(19)20)15-9-11-16(24)12-10-15/h2-3,5,7-12,17-18,21,26H,4,6,13-14H2,1H3,(H,25,27). The quantitative estimate of drug-likeness (QED) is 0.576. The maximum Gasteiger partial charge on any atom is 0.253 e. The lowest BCUT2D eigenvalue weighted by atomic mass is 9.76. The summed E-state index contributed by atoms with van der Waals surface area (Å²) in [4.78, 5) is 12.8. The number of carbonyl (C=O) groups excluding carboxylic acids is 1. The number of halogens is 1. The van der Waals surface area contributed by atoms with Gasteiger partial charge >= 0.3 is 0 Å². The largest absolute Gasteiger partial charge is 0.385 e. The van der Waals surface area contributed by atoms with Gasteiger partial charge in [-0.3, -0.25) is 4.79 Å². The van der Waals surface area contributed by atoms with E-state index in [9.17, 15) is 9.18 Å². The summed E-state index contributed by atoms with van der Waals surface area (Å²) in [6.07, 6.45) is 6.18. The summed E-state index contributed by atoms with van der Waals surface area (Å²) in [6.45, 7) is 1.19. The van der Waals surface area contributed by atoms with E-state index in [0.717, 1.165) is 29.7 Å². The molecule has 5 heteroatoms. The Kier molecular flexibility index (Phi) is 5.44. The lowest BCUT2D eigenvalue weighted by Gasteiger charge is -2.38. The third kappa shape index (κ3) is 3.54. The van der Waals surface area contributed by atoms with Gasteiger partial charge in [0.2, 0.25) is 0 Å². The van der Waals surface area contributed by atoms with Crippen LogP contribution >= 0.6 is 0 Å². The fourth-order valence-electron chi connectivity index (χ4n) is 4.32. The van der Waals surface area contributed by atoms with Gasteiger partial charge in [-0.25, -0.2) is 4.39 Å². The third-order valence-corrected chi connectivity index (χ3v) is 5.68. The number of ether oxygens (including phenoxy) is 1. The number of rotatable bonds is 6. The molecule has 28 heavy (non-hydrogen) atoms. The van der Waals surface area contributed by atoms with Gasteiger partial charge in [-0.1, -0.05) is 36.4 Å². The van der Waals surface area contributed by atoms with Crippen LogP contribution in [0.4, 0.5) is 10.1 Å². The zero-order chi connectivity index (χ0) is 19.5. The van der Waals surface area contributed by atoms with Gasteiger partial charge < -0.3 is 15.4 Å². The highest BCUT2D eigenvalue weighted by atomic mass is 19.1. The highest BCUT2D eigenvalue weighted by molar-refractivity contribution is 6.00. The van der Waals surface area contributed by atoms with Gasteiger partial charge in [0.05, 0.1) is 17.3 Å². The van der Waals surface area contributed by atoms with E-state index in [0.29, 0.717) is 24.6 Å². The number of methoxy groups -OCH3 is 1. The smallest absolute Gasteiger partial charge is 0.253 e. The summed E-state index contributed by atoms with van der Waals surface area (Å²) in [5.41, 5.74) is 3.73. The first-order valence-electron chi connectivity index (χ1n) is 9.77. The topological polar surface area (TPSA) is 50.4 Å². The molecule has 3 unspecified atom stereocenters. The Balaban J connectivity index is 1.64. The van der Waals surface area contributed by atoms with E-state index in [1.165, 1.54) is 12.1 Å². The zero-order valence-electron chi connectivity index (χ0n) is 16.0. The number of hydrogen-bond donors (Lipinski definition) is 2. The number of benzene rings is 2. The third-order valence-electron chi connectivity index (χ3n) is 5.68. The zero-order valence-corrected chi connectivity index (χ0v) is 16.0. The average Bonchev–Trinajstić information content (AvgIpc) is 3.21. The van der Waals surface area contributed by atoms with E-state index in [1.807, 2.05) is 24.3 Å². The van der Waals surface area contributed by atoms with Crippen molar-refractivity contribution in [2.45, 2.75) is 24.8 Å². The monoisotopic (exact) mass is 380 g/mol. The molecule has 2 aliphatic rings. The van der Waals surface area contributed by atoms with Crippen LogP contribution in [0.2, 0.25) is 0 Å². The fourth-order valence-corrected chi connectivity index (χ4v) is 4.32.